The third-order valence-corrected chi connectivity index (χ3v) is 2.63. The summed E-state index contributed by atoms with van der Waals surface area (Å²) in [6, 6.07) is 2.56. The average molecular weight is 238 g/mol. The van der Waals surface area contributed by atoms with Crippen LogP contribution in [0, 0.1) is 18.6 Å². The van der Waals surface area contributed by atoms with Crippen molar-refractivity contribution in [2.24, 2.45) is 0 Å². The Balaban J connectivity index is 2.49. The number of hydrogen-bond acceptors (Lipinski definition) is 3. The van der Waals surface area contributed by atoms with Crippen LogP contribution in [0.5, 0.6) is 0 Å². The maximum absolute atomic E-state index is 13.8. The van der Waals surface area contributed by atoms with Crippen molar-refractivity contribution < 1.29 is 8.78 Å². The van der Waals surface area contributed by atoms with E-state index in [1.165, 1.54) is 19.2 Å². The molecule has 2 N–H and O–H groups in total. The molecule has 0 fully saturated rings. The van der Waals surface area contributed by atoms with E-state index in [1.54, 1.807) is 13.1 Å². The van der Waals surface area contributed by atoms with Gasteiger partial charge in [0.1, 0.15) is 5.69 Å². The van der Waals surface area contributed by atoms with Crippen LogP contribution in [0.4, 0.5) is 8.78 Å². The molecule has 4 nitrogen and oxygen atoms in total. The zero-order valence-corrected chi connectivity index (χ0v) is 9.46. The van der Waals surface area contributed by atoms with Crippen LogP contribution in [-0.2, 0) is 0 Å². The number of nitrogens with zero attached hydrogens (tertiary/aromatic N) is 2. The van der Waals surface area contributed by atoms with Crippen molar-refractivity contribution >= 4 is 0 Å². The second kappa shape index (κ2) is 4.58. The van der Waals surface area contributed by atoms with Gasteiger partial charge in [-0.25, -0.2) is 8.78 Å². The third kappa shape index (κ3) is 2.03. The van der Waals surface area contributed by atoms with Gasteiger partial charge < -0.3 is 5.32 Å². The number of aromatic amines is 1. The monoisotopic (exact) mass is 238 g/mol. The minimum atomic E-state index is -0.854. The molecule has 90 valence electrons. The highest BCUT2D eigenvalue weighted by molar-refractivity contribution is 5.31. The molecule has 1 aromatic heterocycles. The fourth-order valence-corrected chi connectivity index (χ4v) is 1.70. The predicted octanol–water partition coefficient (Wildman–Crippen LogP) is 1.70. The highest BCUT2D eigenvalue weighted by atomic mass is 19.2. The molecule has 6 heteroatoms. The smallest absolute Gasteiger partial charge is 0.164 e. The van der Waals surface area contributed by atoms with Crippen LogP contribution in [0.2, 0.25) is 0 Å². The molecule has 1 aromatic carbocycles. The molecule has 0 spiro atoms. The van der Waals surface area contributed by atoms with Gasteiger partial charge in [0.05, 0.1) is 12.2 Å². The van der Waals surface area contributed by atoms with Gasteiger partial charge in [0, 0.05) is 5.56 Å². The van der Waals surface area contributed by atoms with E-state index in [9.17, 15) is 8.78 Å². The van der Waals surface area contributed by atoms with Crippen LogP contribution in [0.15, 0.2) is 18.3 Å². The van der Waals surface area contributed by atoms with Crippen LogP contribution in [0.3, 0.4) is 0 Å². The van der Waals surface area contributed by atoms with Gasteiger partial charge in [-0.05, 0) is 19.5 Å². The number of nitrogens with one attached hydrogen (secondary N) is 2. The number of H-pyrrole nitrogens is 1. The van der Waals surface area contributed by atoms with Crippen LogP contribution < -0.4 is 5.32 Å². The van der Waals surface area contributed by atoms with Crippen LogP contribution >= 0.6 is 0 Å². The lowest BCUT2D eigenvalue weighted by atomic mass is 10.0. The van der Waals surface area contributed by atoms with Crippen molar-refractivity contribution in [2.45, 2.75) is 13.0 Å². The second-order valence-corrected chi connectivity index (χ2v) is 3.72. The maximum Gasteiger partial charge on any atom is 0.164 e. The largest absolute Gasteiger partial charge is 0.308 e. The summed E-state index contributed by atoms with van der Waals surface area (Å²) in [5.74, 6) is -1.68. The quantitative estimate of drug-likeness (QED) is 0.855. The van der Waals surface area contributed by atoms with Crippen molar-refractivity contribution in [3.8, 4) is 0 Å². The summed E-state index contributed by atoms with van der Waals surface area (Å²) in [6.07, 6.45) is 1.47. The van der Waals surface area contributed by atoms with E-state index in [1.807, 2.05) is 0 Å². The number of aryl methyl sites for hydroxylation is 1. The van der Waals surface area contributed by atoms with Gasteiger partial charge in [-0.2, -0.15) is 15.4 Å². The van der Waals surface area contributed by atoms with Crippen LogP contribution in [-0.4, -0.2) is 22.5 Å². The highest BCUT2D eigenvalue weighted by Gasteiger charge is 2.21. The molecule has 1 unspecified atom stereocenters. The molecule has 2 rings (SSSR count). The molecule has 0 bridgehead atoms. The van der Waals surface area contributed by atoms with Crippen molar-refractivity contribution in [3.05, 3.63) is 46.8 Å². The molecule has 0 aliphatic carbocycles. The lowest BCUT2D eigenvalue weighted by Gasteiger charge is -2.15. The molecule has 0 amide bonds. The topological polar surface area (TPSA) is 53.6 Å². The van der Waals surface area contributed by atoms with E-state index in [0.29, 0.717) is 5.69 Å². The number of rotatable bonds is 3. The van der Waals surface area contributed by atoms with E-state index >= 15 is 0 Å². The first-order valence-electron chi connectivity index (χ1n) is 5.12. The van der Waals surface area contributed by atoms with E-state index in [2.05, 4.69) is 20.7 Å². The summed E-state index contributed by atoms with van der Waals surface area (Å²) in [5.41, 5.74) is 1.00. The fourth-order valence-electron chi connectivity index (χ4n) is 1.70. The first-order chi connectivity index (χ1) is 8.15. The Bertz CT molecular complexity index is 510. The highest BCUT2D eigenvalue weighted by Crippen LogP contribution is 2.25. The Kier molecular flexibility index (Phi) is 3.14. The lowest BCUT2D eigenvalue weighted by Crippen LogP contribution is -2.20. The van der Waals surface area contributed by atoms with E-state index in [-0.39, 0.29) is 11.1 Å². The Morgan fingerprint density at radius 3 is 2.65 bits per heavy atom. The maximum atomic E-state index is 13.8. The number of hydrogen-bond donors (Lipinski definition) is 2. The number of benzene rings is 1. The Hall–Kier alpha value is -1.82. The molecule has 17 heavy (non-hydrogen) atoms. The van der Waals surface area contributed by atoms with Crippen LogP contribution in [0.25, 0.3) is 0 Å². The average Bonchev–Trinajstić information content (AvgIpc) is 2.84. The molecule has 2 aromatic rings. The third-order valence-electron chi connectivity index (χ3n) is 2.63. The number of halogens is 2. The van der Waals surface area contributed by atoms with Gasteiger partial charge in [-0.1, -0.05) is 12.1 Å². The van der Waals surface area contributed by atoms with Crippen molar-refractivity contribution in [1.29, 1.82) is 0 Å². The normalized spacial score (nSPS) is 12.7. The first kappa shape index (κ1) is 11.7. The molecular weight excluding hydrogens is 226 g/mol. The summed E-state index contributed by atoms with van der Waals surface area (Å²) in [4.78, 5) is 0. The molecular formula is C11H12F2N4. The summed E-state index contributed by atoms with van der Waals surface area (Å²) < 4.78 is 27.3. The zero-order valence-electron chi connectivity index (χ0n) is 9.46. The van der Waals surface area contributed by atoms with E-state index < -0.39 is 17.7 Å². The minimum absolute atomic E-state index is 0.213. The lowest BCUT2D eigenvalue weighted by molar-refractivity contribution is 0.481. The van der Waals surface area contributed by atoms with E-state index in [0.717, 1.165) is 0 Å². The van der Waals surface area contributed by atoms with Crippen molar-refractivity contribution in [2.75, 3.05) is 7.05 Å². The molecule has 0 aliphatic rings. The van der Waals surface area contributed by atoms with Gasteiger partial charge in [-0.15, -0.1) is 0 Å². The summed E-state index contributed by atoms with van der Waals surface area (Å²) >= 11 is 0. The molecule has 0 saturated heterocycles. The standard InChI is InChI=1S/C11H12F2N4/c1-6-3-4-7(10(13)9(6)12)11(14-2)8-5-15-17-16-8/h3-5,11,14H,1-2H3,(H,15,16,17). The molecule has 0 saturated carbocycles. The van der Waals surface area contributed by atoms with Gasteiger partial charge in [0.15, 0.2) is 11.6 Å². The number of aromatic nitrogens is 3. The molecule has 1 heterocycles. The van der Waals surface area contributed by atoms with Gasteiger partial charge in [0.25, 0.3) is 0 Å². The molecule has 1 atom stereocenters. The van der Waals surface area contributed by atoms with Crippen LogP contribution in [0.1, 0.15) is 22.9 Å². The van der Waals surface area contributed by atoms with Gasteiger partial charge in [-0.3, -0.25) is 0 Å². The first-order valence-corrected chi connectivity index (χ1v) is 5.12. The van der Waals surface area contributed by atoms with Crippen molar-refractivity contribution in [1.82, 2.24) is 20.7 Å². The van der Waals surface area contributed by atoms with Gasteiger partial charge >= 0.3 is 0 Å². The fraction of sp³-hybridized carbons (Fsp3) is 0.273. The zero-order chi connectivity index (χ0) is 12.4. The van der Waals surface area contributed by atoms with Gasteiger partial charge in [0.2, 0.25) is 0 Å². The predicted molar refractivity (Wildman–Crippen MR) is 58.4 cm³/mol. The summed E-state index contributed by atoms with van der Waals surface area (Å²) in [5, 5.41) is 12.8. The Labute approximate surface area is 97.0 Å². The van der Waals surface area contributed by atoms with Crippen molar-refractivity contribution in [3.63, 3.8) is 0 Å². The second-order valence-electron chi connectivity index (χ2n) is 3.72. The SMILES string of the molecule is CNC(c1cn[nH]n1)c1ccc(C)c(F)c1F. The summed E-state index contributed by atoms with van der Waals surface area (Å²) in [6.45, 7) is 1.52. The van der Waals surface area contributed by atoms with E-state index in [4.69, 9.17) is 0 Å². The minimum Gasteiger partial charge on any atom is -0.308 e. The molecule has 0 radical (unpaired) electrons. The Morgan fingerprint density at radius 1 is 1.29 bits per heavy atom. The Morgan fingerprint density at radius 2 is 2.06 bits per heavy atom. The summed E-state index contributed by atoms with van der Waals surface area (Å²) in [7, 11) is 1.65. The molecule has 0 aliphatic heterocycles.